The Morgan fingerprint density at radius 1 is 0.815 bits per heavy atom. The fourth-order valence-corrected chi connectivity index (χ4v) is 5.25. The van der Waals surface area contributed by atoms with Crippen LogP contribution in [0.5, 0.6) is 0 Å². The number of methoxy groups -OCH3 is 1. The number of benzene rings is 3. The molecule has 0 saturated heterocycles. The molecule has 0 heterocycles. The summed E-state index contributed by atoms with van der Waals surface area (Å²) >= 11 is 0. The van der Waals surface area contributed by atoms with Gasteiger partial charge in [-0.2, -0.15) is 0 Å². The van der Waals surface area contributed by atoms with E-state index in [1.165, 1.54) is 16.2 Å². The van der Waals surface area contributed by atoms with Crippen LogP contribution in [0.1, 0.15) is 35.7 Å². The Labute approximate surface area is 164 Å². The van der Waals surface area contributed by atoms with E-state index >= 15 is 0 Å². The number of ether oxygens (including phenoxy) is 1. The van der Waals surface area contributed by atoms with Crippen LogP contribution in [0.4, 0.5) is 0 Å². The molecule has 0 aliphatic carbocycles. The van der Waals surface area contributed by atoms with Crippen LogP contribution in [0, 0.1) is 0 Å². The van der Waals surface area contributed by atoms with E-state index in [9.17, 15) is 4.79 Å². The van der Waals surface area contributed by atoms with Crippen LogP contribution >= 0.6 is 7.92 Å². The fraction of sp³-hybridized carbons (Fsp3) is 0.208. The second-order valence-electron chi connectivity index (χ2n) is 6.51. The van der Waals surface area contributed by atoms with Gasteiger partial charge in [0.1, 0.15) is 0 Å². The van der Waals surface area contributed by atoms with Gasteiger partial charge in [-0.25, -0.2) is 0 Å². The molecule has 0 fully saturated rings. The molecule has 0 saturated carbocycles. The van der Waals surface area contributed by atoms with Crippen molar-refractivity contribution in [3.05, 3.63) is 90.0 Å². The summed E-state index contributed by atoms with van der Waals surface area (Å²) in [7, 11) is 2.51. The van der Waals surface area contributed by atoms with Gasteiger partial charge in [-0.15, -0.1) is 0 Å². The molecule has 2 nitrogen and oxygen atoms in total. The zero-order chi connectivity index (χ0) is 19.6. The number of aldehydes is 1. The third kappa shape index (κ3) is 5.60. The van der Waals surface area contributed by atoms with Crippen LogP contribution in [0.3, 0.4) is 0 Å². The second-order valence-corrected chi connectivity index (χ2v) is 8.69. The van der Waals surface area contributed by atoms with Crippen molar-refractivity contribution in [3.8, 4) is 0 Å². The first-order valence-corrected chi connectivity index (χ1v) is 10.4. The molecule has 0 radical (unpaired) electrons. The first-order valence-electron chi connectivity index (χ1n) is 9.01. The maximum Gasteiger partial charge on any atom is 0.150 e. The summed E-state index contributed by atoms with van der Waals surface area (Å²) in [5.41, 5.74) is 2.06. The molecule has 0 aliphatic rings. The van der Waals surface area contributed by atoms with Gasteiger partial charge in [-0.1, -0.05) is 86.6 Å². The van der Waals surface area contributed by atoms with Gasteiger partial charge in [-0.3, -0.25) is 4.79 Å². The highest BCUT2D eigenvalue weighted by atomic mass is 31.1. The van der Waals surface area contributed by atoms with E-state index < -0.39 is 7.92 Å². The van der Waals surface area contributed by atoms with Crippen molar-refractivity contribution in [1.82, 2.24) is 0 Å². The number of carbonyl (C=O) groups excluding carboxylic acids is 1. The highest BCUT2D eigenvalue weighted by molar-refractivity contribution is 7.80. The minimum absolute atomic E-state index is 0.438. The molecule has 3 heteroatoms. The summed E-state index contributed by atoms with van der Waals surface area (Å²) in [5, 5.41) is 3.68. The van der Waals surface area contributed by atoms with Gasteiger partial charge in [0.2, 0.25) is 0 Å². The fourth-order valence-electron chi connectivity index (χ4n) is 2.79. The van der Waals surface area contributed by atoms with E-state index in [0.717, 1.165) is 17.2 Å². The van der Waals surface area contributed by atoms with Crippen molar-refractivity contribution in [2.45, 2.75) is 19.8 Å². The molecule has 27 heavy (non-hydrogen) atoms. The Morgan fingerprint density at radius 3 is 1.70 bits per heavy atom. The normalized spacial score (nSPS) is 10.4. The quantitative estimate of drug-likeness (QED) is 0.477. The van der Waals surface area contributed by atoms with Crippen LogP contribution in [-0.4, -0.2) is 20.5 Å². The van der Waals surface area contributed by atoms with Crippen LogP contribution in [0.25, 0.3) is 0 Å². The lowest BCUT2D eigenvalue weighted by molar-refractivity contribution is 0.112. The van der Waals surface area contributed by atoms with Gasteiger partial charge >= 0.3 is 0 Å². The highest BCUT2D eigenvalue weighted by Gasteiger charge is 2.20. The van der Waals surface area contributed by atoms with Crippen LogP contribution < -0.4 is 15.9 Å². The lowest BCUT2D eigenvalue weighted by Gasteiger charge is -2.22. The molecule has 0 unspecified atom stereocenters. The molecule has 0 bridgehead atoms. The van der Waals surface area contributed by atoms with Gasteiger partial charge in [0.15, 0.2) is 6.29 Å². The van der Waals surface area contributed by atoms with Crippen LogP contribution in [0.15, 0.2) is 78.9 Å². The Kier molecular flexibility index (Phi) is 8.39. The first kappa shape index (κ1) is 21.0. The third-order valence-electron chi connectivity index (χ3n) is 4.12. The van der Waals surface area contributed by atoms with E-state index in [0.29, 0.717) is 5.92 Å². The van der Waals surface area contributed by atoms with Crippen LogP contribution in [0.2, 0.25) is 0 Å². The third-order valence-corrected chi connectivity index (χ3v) is 6.62. The Bertz CT molecular complexity index is 790. The lowest BCUT2D eigenvalue weighted by atomic mass is 10.0. The van der Waals surface area contributed by atoms with Crippen molar-refractivity contribution >= 4 is 30.1 Å². The van der Waals surface area contributed by atoms with Gasteiger partial charge in [0.05, 0.1) is 0 Å². The standard InChI is InChI=1S/C22H21OP.C2H6O/c1-17(2)18-13-14-19(16-23)22(15-18)24(20-9-5-3-6-10-20)21-11-7-4-8-12-21;1-3-2/h3-17H,1-2H3;1-2H3. The number of hydrogen-bond acceptors (Lipinski definition) is 2. The molecule has 0 spiro atoms. The molecule has 3 aromatic rings. The topological polar surface area (TPSA) is 26.3 Å². The summed E-state index contributed by atoms with van der Waals surface area (Å²) in [6.45, 7) is 4.37. The van der Waals surface area contributed by atoms with E-state index in [4.69, 9.17) is 0 Å². The Balaban J connectivity index is 0.000000817. The minimum atomic E-state index is -0.745. The highest BCUT2D eigenvalue weighted by Crippen LogP contribution is 2.34. The predicted molar refractivity (Wildman–Crippen MR) is 118 cm³/mol. The molecule has 0 aromatic heterocycles. The first-order chi connectivity index (χ1) is 13.1. The maximum atomic E-state index is 11.7. The number of rotatable bonds is 5. The van der Waals surface area contributed by atoms with Gasteiger partial charge in [0.25, 0.3) is 0 Å². The Hall–Kier alpha value is -2.28. The number of carbonyl (C=O) groups is 1. The van der Waals surface area contributed by atoms with E-state index in [1.54, 1.807) is 14.2 Å². The monoisotopic (exact) mass is 378 g/mol. The SMILES string of the molecule is CC(C)c1ccc(C=O)c(P(c2ccccc2)c2ccccc2)c1.COC. The molecule has 0 aliphatic heterocycles. The summed E-state index contributed by atoms with van der Waals surface area (Å²) in [6, 6.07) is 27.3. The van der Waals surface area contributed by atoms with Crippen molar-refractivity contribution in [2.75, 3.05) is 14.2 Å². The number of hydrogen-bond donors (Lipinski definition) is 0. The molecule has 0 amide bonds. The average Bonchev–Trinajstić information content (AvgIpc) is 2.70. The largest absolute Gasteiger partial charge is 0.388 e. The maximum absolute atomic E-state index is 11.7. The van der Waals surface area contributed by atoms with E-state index in [2.05, 4.69) is 79.2 Å². The van der Waals surface area contributed by atoms with Crippen molar-refractivity contribution in [2.24, 2.45) is 0 Å². The molecule has 140 valence electrons. The minimum Gasteiger partial charge on any atom is -0.388 e. The predicted octanol–water partition coefficient (Wildman–Crippen LogP) is 4.64. The van der Waals surface area contributed by atoms with Crippen molar-refractivity contribution in [3.63, 3.8) is 0 Å². The van der Waals surface area contributed by atoms with Gasteiger partial charge in [-0.05, 0) is 41.4 Å². The summed E-state index contributed by atoms with van der Waals surface area (Å²) < 4.78 is 4.25. The van der Waals surface area contributed by atoms with Gasteiger partial charge in [0, 0.05) is 19.8 Å². The summed E-state index contributed by atoms with van der Waals surface area (Å²) in [5.74, 6) is 0.438. The van der Waals surface area contributed by atoms with Gasteiger partial charge < -0.3 is 4.74 Å². The van der Waals surface area contributed by atoms with Crippen LogP contribution in [-0.2, 0) is 4.74 Å². The molecular weight excluding hydrogens is 351 g/mol. The lowest BCUT2D eigenvalue weighted by Crippen LogP contribution is -2.23. The van der Waals surface area contributed by atoms with E-state index in [-0.39, 0.29) is 0 Å². The Morgan fingerprint density at radius 2 is 1.30 bits per heavy atom. The molecular formula is C24H27O2P. The zero-order valence-electron chi connectivity index (χ0n) is 16.4. The smallest absolute Gasteiger partial charge is 0.150 e. The molecule has 0 N–H and O–H groups in total. The second kappa shape index (κ2) is 10.8. The molecule has 0 atom stereocenters. The average molecular weight is 378 g/mol. The van der Waals surface area contributed by atoms with E-state index in [1.807, 2.05) is 18.2 Å². The zero-order valence-corrected chi connectivity index (χ0v) is 17.3. The summed E-state index contributed by atoms with van der Waals surface area (Å²) in [4.78, 5) is 11.7. The van der Waals surface area contributed by atoms with Crippen molar-refractivity contribution < 1.29 is 9.53 Å². The van der Waals surface area contributed by atoms with Crippen molar-refractivity contribution in [1.29, 1.82) is 0 Å². The summed E-state index contributed by atoms with van der Waals surface area (Å²) in [6.07, 6.45) is 0.987. The molecule has 3 aromatic carbocycles. The molecule has 3 rings (SSSR count).